The summed E-state index contributed by atoms with van der Waals surface area (Å²) in [6.45, 7) is 9.11. The molecule has 0 saturated carbocycles. The maximum atomic E-state index is 2.41. The van der Waals surface area contributed by atoms with Crippen LogP contribution in [-0.2, 0) is 19.3 Å². The van der Waals surface area contributed by atoms with Crippen LogP contribution in [0.3, 0.4) is 0 Å². The van der Waals surface area contributed by atoms with Gasteiger partial charge in [-0.05, 0) is 86.6 Å². The Balaban J connectivity index is 2.19. The van der Waals surface area contributed by atoms with Crippen molar-refractivity contribution in [2.24, 2.45) is 0 Å². The Labute approximate surface area is 139 Å². The standard InChI is InChI=1S/C21H26S/c1-13-8-17-6-7-18-9-14(2)11-20(16(18)4)21(22-5)12-19(10-13)15(17)3/h8-11,21H,6-7,12H2,1-5H3. The summed E-state index contributed by atoms with van der Waals surface area (Å²) >= 11 is 1.99. The van der Waals surface area contributed by atoms with Crippen LogP contribution in [0.4, 0.5) is 0 Å². The van der Waals surface area contributed by atoms with Crippen molar-refractivity contribution >= 4 is 11.8 Å². The van der Waals surface area contributed by atoms with Crippen molar-refractivity contribution in [3.8, 4) is 0 Å². The van der Waals surface area contributed by atoms with Gasteiger partial charge in [-0.25, -0.2) is 0 Å². The van der Waals surface area contributed by atoms with E-state index >= 15 is 0 Å². The molecule has 1 aliphatic rings. The van der Waals surface area contributed by atoms with Gasteiger partial charge in [0.25, 0.3) is 0 Å². The summed E-state index contributed by atoms with van der Waals surface area (Å²) in [7, 11) is 0. The highest BCUT2D eigenvalue weighted by atomic mass is 32.2. The van der Waals surface area contributed by atoms with Crippen LogP contribution in [0.1, 0.15) is 49.8 Å². The zero-order valence-electron chi connectivity index (χ0n) is 14.4. The molecule has 116 valence electrons. The van der Waals surface area contributed by atoms with E-state index in [1.54, 1.807) is 22.3 Å². The van der Waals surface area contributed by atoms with Crippen LogP contribution < -0.4 is 0 Å². The topological polar surface area (TPSA) is 0 Å². The van der Waals surface area contributed by atoms with E-state index in [1.807, 2.05) is 11.8 Å². The van der Waals surface area contributed by atoms with E-state index in [0.29, 0.717) is 5.25 Å². The van der Waals surface area contributed by atoms with Gasteiger partial charge in [0.15, 0.2) is 0 Å². The van der Waals surface area contributed by atoms with E-state index in [-0.39, 0.29) is 0 Å². The first-order valence-electron chi connectivity index (χ1n) is 8.21. The molecule has 0 saturated heterocycles. The van der Waals surface area contributed by atoms with Gasteiger partial charge in [-0.2, -0.15) is 11.8 Å². The van der Waals surface area contributed by atoms with Crippen LogP contribution in [-0.4, -0.2) is 6.26 Å². The van der Waals surface area contributed by atoms with Crippen molar-refractivity contribution in [2.45, 2.75) is 52.2 Å². The average molecular weight is 311 g/mol. The minimum absolute atomic E-state index is 0.560. The summed E-state index contributed by atoms with van der Waals surface area (Å²) in [6, 6.07) is 9.59. The summed E-state index contributed by atoms with van der Waals surface area (Å²) in [4.78, 5) is 0. The van der Waals surface area contributed by atoms with Gasteiger partial charge < -0.3 is 0 Å². The fourth-order valence-electron chi connectivity index (χ4n) is 3.83. The normalized spacial score (nSPS) is 17.4. The van der Waals surface area contributed by atoms with Gasteiger partial charge in [0.05, 0.1) is 0 Å². The van der Waals surface area contributed by atoms with E-state index in [1.165, 1.54) is 22.3 Å². The highest BCUT2D eigenvalue weighted by Crippen LogP contribution is 2.37. The molecule has 0 aliphatic heterocycles. The fourth-order valence-corrected chi connectivity index (χ4v) is 4.68. The molecule has 0 radical (unpaired) electrons. The molecule has 2 aromatic carbocycles. The summed E-state index contributed by atoms with van der Waals surface area (Å²) in [5.41, 5.74) is 12.0. The molecule has 22 heavy (non-hydrogen) atoms. The van der Waals surface area contributed by atoms with Crippen molar-refractivity contribution in [3.63, 3.8) is 0 Å². The lowest BCUT2D eigenvalue weighted by Gasteiger charge is -2.24. The van der Waals surface area contributed by atoms with E-state index in [2.05, 4.69) is 58.2 Å². The maximum absolute atomic E-state index is 2.41. The van der Waals surface area contributed by atoms with Gasteiger partial charge >= 0.3 is 0 Å². The molecule has 2 aromatic rings. The van der Waals surface area contributed by atoms with Crippen LogP contribution in [0.5, 0.6) is 0 Å². The lowest BCUT2D eigenvalue weighted by molar-refractivity contribution is 0.858. The van der Waals surface area contributed by atoms with Gasteiger partial charge in [-0.15, -0.1) is 0 Å². The highest BCUT2D eigenvalue weighted by Gasteiger charge is 2.20. The van der Waals surface area contributed by atoms with E-state index < -0.39 is 0 Å². The first kappa shape index (κ1) is 15.7. The minimum Gasteiger partial charge on any atom is -0.157 e. The smallest absolute Gasteiger partial charge is 0.0337 e. The Kier molecular flexibility index (Phi) is 4.36. The zero-order chi connectivity index (χ0) is 15.9. The molecule has 0 heterocycles. The fraction of sp³-hybridized carbons (Fsp3) is 0.429. The average Bonchev–Trinajstić information content (AvgIpc) is 2.48. The Morgan fingerprint density at radius 2 is 1.32 bits per heavy atom. The third-order valence-electron chi connectivity index (χ3n) is 5.17. The first-order valence-corrected chi connectivity index (χ1v) is 9.50. The van der Waals surface area contributed by atoms with Gasteiger partial charge in [0, 0.05) is 5.25 Å². The molecule has 3 rings (SSSR count). The van der Waals surface area contributed by atoms with Crippen LogP contribution in [0.25, 0.3) is 0 Å². The Bertz CT molecular complexity index is 712. The second kappa shape index (κ2) is 6.12. The SMILES string of the molecule is CSC1Cc2cc(C)cc(c2C)CCc2cc(C)cc1c2C. The summed E-state index contributed by atoms with van der Waals surface area (Å²) in [6.07, 6.45) is 5.72. The Morgan fingerprint density at radius 3 is 1.95 bits per heavy atom. The summed E-state index contributed by atoms with van der Waals surface area (Å²) in [5, 5.41) is 0.560. The predicted octanol–water partition coefficient (Wildman–Crippen LogP) is 5.67. The zero-order valence-corrected chi connectivity index (χ0v) is 15.2. The molecule has 1 atom stereocenters. The quantitative estimate of drug-likeness (QED) is 0.654. The summed E-state index contributed by atoms with van der Waals surface area (Å²) in [5.74, 6) is 0. The van der Waals surface area contributed by atoms with Crippen LogP contribution in [0, 0.1) is 27.7 Å². The largest absolute Gasteiger partial charge is 0.157 e. The van der Waals surface area contributed by atoms with Crippen LogP contribution in [0.2, 0.25) is 0 Å². The number of aryl methyl sites for hydroxylation is 4. The molecular formula is C21H26S. The number of thioether (sulfide) groups is 1. The molecular weight excluding hydrogens is 284 g/mol. The molecule has 1 aliphatic carbocycles. The van der Waals surface area contributed by atoms with Crippen LogP contribution >= 0.6 is 11.8 Å². The van der Waals surface area contributed by atoms with E-state index in [9.17, 15) is 0 Å². The maximum Gasteiger partial charge on any atom is 0.0337 e. The number of hydrogen-bond donors (Lipinski definition) is 0. The van der Waals surface area contributed by atoms with Crippen molar-refractivity contribution in [2.75, 3.05) is 6.26 Å². The number of rotatable bonds is 1. The second-order valence-corrected chi connectivity index (χ2v) is 7.82. The lowest BCUT2D eigenvalue weighted by Crippen LogP contribution is -2.10. The van der Waals surface area contributed by atoms with Gasteiger partial charge in [0.2, 0.25) is 0 Å². The van der Waals surface area contributed by atoms with Gasteiger partial charge in [0.1, 0.15) is 0 Å². The minimum atomic E-state index is 0.560. The molecule has 1 heteroatoms. The van der Waals surface area contributed by atoms with E-state index in [0.717, 1.165) is 19.3 Å². The lowest BCUT2D eigenvalue weighted by atomic mass is 9.86. The number of benzene rings is 2. The Hall–Kier alpha value is -1.21. The van der Waals surface area contributed by atoms with Gasteiger partial charge in [-0.3, -0.25) is 0 Å². The molecule has 0 nitrogen and oxygen atoms in total. The van der Waals surface area contributed by atoms with Crippen molar-refractivity contribution < 1.29 is 0 Å². The number of hydrogen-bond acceptors (Lipinski definition) is 1. The highest BCUT2D eigenvalue weighted by molar-refractivity contribution is 7.98. The summed E-state index contributed by atoms with van der Waals surface area (Å²) < 4.78 is 0. The van der Waals surface area contributed by atoms with Gasteiger partial charge in [-0.1, -0.05) is 35.4 Å². The molecule has 0 amide bonds. The third kappa shape index (κ3) is 2.84. The molecule has 0 N–H and O–H groups in total. The Morgan fingerprint density at radius 1 is 0.773 bits per heavy atom. The van der Waals surface area contributed by atoms with Crippen LogP contribution in [0.15, 0.2) is 24.3 Å². The molecule has 0 fully saturated rings. The third-order valence-corrected chi connectivity index (χ3v) is 6.16. The van der Waals surface area contributed by atoms with Crippen molar-refractivity contribution in [1.29, 1.82) is 0 Å². The second-order valence-electron chi connectivity index (χ2n) is 6.77. The first-order chi connectivity index (χ1) is 10.5. The monoisotopic (exact) mass is 310 g/mol. The van der Waals surface area contributed by atoms with Crippen molar-refractivity contribution in [3.05, 3.63) is 68.8 Å². The molecule has 4 bridgehead atoms. The molecule has 1 unspecified atom stereocenters. The predicted molar refractivity (Wildman–Crippen MR) is 99.2 cm³/mol. The number of fused-ring (bicyclic) bond motifs is 4. The van der Waals surface area contributed by atoms with E-state index in [4.69, 9.17) is 0 Å². The van der Waals surface area contributed by atoms with Crippen molar-refractivity contribution in [1.82, 2.24) is 0 Å². The molecule has 0 aromatic heterocycles. The molecule has 0 spiro atoms.